The predicted octanol–water partition coefficient (Wildman–Crippen LogP) is 2.60. The molecular formula is C16H23ClN4O3. The first-order chi connectivity index (χ1) is 11.0. The van der Waals surface area contributed by atoms with Crippen molar-refractivity contribution in [3.05, 3.63) is 23.2 Å². The smallest absolute Gasteiger partial charge is 0.410 e. The zero-order valence-corrected chi connectivity index (χ0v) is 15.4. The Hall–Kier alpha value is -1.89. The number of piperazine rings is 1. The van der Waals surface area contributed by atoms with Gasteiger partial charge in [-0.15, -0.1) is 0 Å². The molecule has 0 saturated carbocycles. The highest BCUT2D eigenvalue weighted by Crippen LogP contribution is 2.24. The molecule has 8 heteroatoms. The van der Waals surface area contributed by atoms with Gasteiger partial charge in [0.25, 0.3) is 5.91 Å². The van der Waals surface area contributed by atoms with Gasteiger partial charge in [-0.25, -0.2) is 14.8 Å². The number of aromatic nitrogens is 2. The highest BCUT2D eigenvalue weighted by Gasteiger charge is 2.40. The largest absolute Gasteiger partial charge is 0.444 e. The topological polar surface area (TPSA) is 75.6 Å². The minimum atomic E-state index is -0.555. The van der Waals surface area contributed by atoms with Crippen molar-refractivity contribution in [3.63, 3.8) is 0 Å². The lowest BCUT2D eigenvalue weighted by Crippen LogP contribution is -2.62. The summed E-state index contributed by atoms with van der Waals surface area (Å²) < 4.78 is 5.46. The summed E-state index contributed by atoms with van der Waals surface area (Å²) in [6.45, 7) is 10.5. The summed E-state index contributed by atoms with van der Waals surface area (Å²) >= 11 is 5.65. The van der Waals surface area contributed by atoms with Crippen LogP contribution in [-0.4, -0.2) is 62.5 Å². The van der Waals surface area contributed by atoms with Crippen LogP contribution >= 0.6 is 11.6 Å². The van der Waals surface area contributed by atoms with Gasteiger partial charge in [-0.05, 0) is 46.2 Å². The molecule has 1 fully saturated rings. The number of hydrogen-bond acceptors (Lipinski definition) is 5. The number of rotatable bonds is 1. The van der Waals surface area contributed by atoms with Crippen LogP contribution in [0.25, 0.3) is 0 Å². The minimum absolute atomic E-state index is 0.0987. The van der Waals surface area contributed by atoms with E-state index >= 15 is 0 Å². The Morgan fingerprint density at radius 2 is 1.79 bits per heavy atom. The van der Waals surface area contributed by atoms with Crippen molar-refractivity contribution in [1.82, 2.24) is 19.8 Å². The van der Waals surface area contributed by atoms with E-state index in [1.165, 1.54) is 12.4 Å². The molecule has 132 valence electrons. The number of carbonyl (C=O) groups excluding carboxylic acids is 2. The molecular weight excluding hydrogens is 332 g/mol. The molecule has 0 N–H and O–H groups in total. The van der Waals surface area contributed by atoms with Gasteiger partial charge in [-0.1, -0.05) is 0 Å². The molecule has 0 radical (unpaired) electrons. The maximum atomic E-state index is 12.6. The van der Waals surface area contributed by atoms with Gasteiger partial charge in [0.15, 0.2) is 0 Å². The fourth-order valence-electron chi connectivity index (χ4n) is 2.59. The molecule has 0 bridgehead atoms. The predicted molar refractivity (Wildman–Crippen MR) is 90.0 cm³/mol. The first-order valence-electron chi connectivity index (χ1n) is 7.77. The van der Waals surface area contributed by atoms with E-state index in [1.54, 1.807) is 9.80 Å². The molecule has 1 aromatic heterocycles. The minimum Gasteiger partial charge on any atom is -0.444 e. The van der Waals surface area contributed by atoms with E-state index < -0.39 is 11.1 Å². The molecule has 0 atom stereocenters. The first-order valence-corrected chi connectivity index (χ1v) is 8.15. The summed E-state index contributed by atoms with van der Waals surface area (Å²) in [5, 5.41) is 0.0987. The van der Waals surface area contributed by atoms with E-state index in [0.29, 0.717) is 25.2 Å². The molecule has 2 amide bonds. The number of hydrogen-bond donors (Lipinski definition) is 0. The lowest BCUT2D eigenvalue weighted by Gasteiger charge is -2.46. The van der Waals surface area contributed by atoms with Gasteiger partial charge < -0.3 is 9.64 Å². The lowest BCUT2D eigenvalue weighted by atomic mass is 9.99. The van der Waals surface area contributed by atoms with Gasteiger partial charge in [-0.3, -0.25) is 9.69 Å². The van der Waals surface area contributed by atoms with E-state index in [4.69, 9.17) is 16.3 Å². The van der Waals surface area contributed by atoms with Crippen LogP contribution in [0.2, 0.25) is 5.28 Å². The van der Waals surface area contributed by atoms with Crippen molar-refractivity contribution >= 4 is 23.6 Å². The molecule has 2 rings (SSSR count). The Kier molecular flexibility index (Phi) is 5.03. The second-order valence-electron chi connectivity index (χ2n) is 7.41. The molecule has 1 aromatic rings. The number of halogens is 1. The molecule has 0 unspecified atom stereocenters. The van der Waals surface area contributed by atoms with E-state index in [0.717, 1.165) is 0 Å². The Morgan fingerprint density at radius 3 is 2.29 bits per heavy atom. The maximum absolute atomic E-state index is 12.6. The molecule has 7 nitrogen and oxygen atoms in total. The number of nitrogens with zero attached hydrogens (tertiary/aromatic N) is 4. The molecule has 0 spiro atoms. The van der Waals surface area contributed by atoms with E-state index in [1.807, 2.05) is 34.6 Å². The summed E-state index contributed by atoms with van der Waals surface area (Å²) in [7, 11) is 0. The number of amides is 2. The van der Waals surface area contributed by atoms with Crippen molar-refractivity contribution in [3.8, 4) is 0 Å². The quantitative estimate of drug-likeness (QED) is 0.724. The normalized spacial score (nSPS) is 17.6. The summed E-state index contributed by atoms with van der Waals surface area (Å²) in [4.78, 5) is 36.0. The maximum Gasteiger partial charge on any atom is 0.410 e. The highest BCUT2D eigenvalue weighted by atomic mass is 35.5. The second kappa shape index (κ2) is 6.55. The van der Waals surface area contributed by atoms with Crippen molar-refractivity contribution in [2.45, 2.75) is 45.8 Å². The molecule has 24 heavy (non-hydrogen) atoms. The van der Waals surface area contributed by atoms with Crippen LogP contribution in [0.1, 0.15) is 45.0 Å². The molecule has 1 aliphatic rings. The molecule has 1 aliphatic heterocycles. The fourth-order valence-corrected chi connectivity index (χ4v) is 2.69. The fraction of sp³-hybridized carbons (Fsp3) is 0.625. The van der Waals surface area contributed by atoms with Crippen LogP contribution in [0, 0.1) is 0 Å². The molecule has 2 heterocycles. The molecule has 0 aliphatic carbocycles. The van der Waals surface area contributed by atoms with Gasteiger partial charge in [0, 0.05) is 32.0 Å². The third kappa shape index (κ3) is 4.35. The van der Waals surface area contributed by atoms with E-state index in [-0.39, 0.29) is 17.3 Å². The first kappa shape index (κ1) is 18.4. The van der Waals surface area contributed by atoms with Crippen LogP contribution in [-0.2, 0) is 4.74 Å². The van der Waals surface area contributed by atoms with E-state index in [9.17, 15) is 9.59 Å². The summed E-state index contributed by atoms with van der Waals surface area (Å²) in [6, 6.07) is 0. The monoisotopic (exact) mass is 354 g/mol. The summed E-state index contributed by atoms with van der Waals surface area (Å²) in [5.74, 6) is -0.177. The molecule has 1 saturated heterocycles. The van der Waals surface area contributed by atoms with E-state index in [2.05, 4.69) is 9.97 Å². The highest BCUT2D eigenvalue weighted by molar-refractivity contribution is 6.28. The third-order valence-corrected chi connectivity index (χ3v) is 3.87. The van der Waals surface area contributed by atoms with Crippen molar-refractivity contribution < 1.29 is 14.3 Å². The zero-order chi connectivity index (χ0) is 18.1. The van der Waals surface area contributed by atoms with Crippen LogP contribution in [0.3, 0.4) is 0 Å². The number of carbonyl (C=O) groups is 2. The second-order valence-corrected chi connectivity index (χ2v) is 7.75. The van der Waals surface area contributed by atoms with Crippen molar-refractivity contribution in [2.24, 2.45) is 0 Å². The van der Waals surface area contributed by atoms with Crippen molar-refractivity contribution in [1.29, 1.82) is 0 Å². The molecule has 0 aromatic carbocycles. The van der Waals surface area contributed by atoms with Crippen LogP contribution in [0.15, 0.2) is 12.4 Å². The van der Waals surface area contributed by atoms with Crippen LogP contribution < -0.4 is 0 Å². The van der Waals surface area contributed by atoms with Gasteiger partial charge in [0.1, 0.15) is 5.60 Å². The third-order valence-electron chi connectivity index (χ3n) is 3.67. The van der Waals surface area contributed by atoms with Gasteiger partial charge in [0.2, 0.25) is 5.28 Å². The van der Waals surface area contributed by atoms with Gasteiger partial charge >= 0.3 is 6.09 Å². The standard InChI is InChI=1S/C16H23ClN4O3/c1-15(2,3)24-14(23)21-7-6-20(10-16(21,4)5)12(22)11-8-18-13(17)19-9-11/h8-9H,6-7,10H2,1-5H3. The SMILES string of the molecule is CC(C)(C)OC(=O)N1CCN(C(=O)c2cnc(Cl)nc2)CC1(C)C. The van der Waals surface area contributed by atoms with Crippen molar-refractivity contribution in [2.75, 3.05) is 19.6 Å². The summed E-state index contributed by atoms with van der Waals surface area (Å²) in [5.41, 5.74) is -0.717. The lowest BCUT2D eigenvalue weighted by molar-refractivity contribution is -0.0203. The average Bonchev–Trinajstić information content (AvgIpc) is 2.44. The van der Waals surface area contributed by atoms with Crippen LogP contribution in [0.5, 0.6) is 0 Å². The Labute approximate surface area is 147 Å². The number of ether oxygens (including phenoxy) is 1. The zero-order valence-electron chi connectivity index (χ0n) is 14.7. The average molecular weight is 355 g/mol. The Bertz CT molecular complexity index is 625. The van der Waals surface area contributed by atoms with Gasteiger partial charge in [-0.2, -0.15) is 0 Å². The summed E-state index contributed by atoms with van der Waals surface area (Å²) in [6.07, 6.45) is 2.45. The van der Waals surface area contributed by atoms with Crippen LogP contribution in [0.4, 0.5) is 4.79 Å². The Balaban J connectivity index is 2.08. The Morgan fingerprint density at radius 1 is 1.21 bits per heavy atom. The van der Waals surface area contributed by atoms with Gasteiger partial charge in [0.05, 0.1) is 11.1 Å².